The van der Waals surface area contributed by atoms with Crippen LogP contribution < -0.4 is 15.4 Å². The highest BCUT2D eigenvalue weighted by Crippen LogP contribution is 2.23. The number of amides is 1. The van der Waals surface area contributed by atoms with Crippen molar-refractivity contribution in [1.82, 2.24) is 10.6 Å². The third-order valence-electron chi connectivity index (χ3n) is 4.81. The second kappa shape index (κ2) is 8.67. The Morgan fingerprint density at radius 3 is 2.72 bits per heavy atom. The Labute approximate surface area is 149 Å². The van der Waals surface area contributed by atoms with Gasteiger partial charge in [-0.2, -0.15) is 0 Å². The topological polar surface area (TPSA) is 50.4 Å². The van der Waals surface area contributed by atoms with Gasteiger partial charge in [-0.3, -0.25) is 4.79 Å². The standard InChI is InChI=1S/C21H26N2O2/c1-25-20-7-3-2-5-17(20)12-14-23-21(24)18-10-8-16(9-11-18)19-6-4-13-22-15-19/h2-3,5,7-11,19,22H,4,6,12-15H2,1H3,(H,23,24)/t19-/m1/s1. The monoisotopic (exact) mass is 338 g/mol. The number of carbonyl (C=O) groups excluding carboxylic acids is 1. The van der Waals surface area contributed by atoms with Crippen LogP contribution in [0.4, 0.5) is 0 Å². The summed E-state index contributed by atoms with van der Waals surface area (Å²) in [5, 5.41) is 6.42. The van der Waals surface area contributed by atoms with E-state index in [-0.39, 0.29) is 5.91 Å². The summed E-state index contributed by atoms with van der Waals surface area (Å²) < 4.78 is 5.34. The second-order valence-corrected chi connectivity index (χ2v) is 6.48. The Hall–Kier alpha value is -2.33. The summed E-state index contributed by atoms with van der Waals surface area (Å²) in [6, 6.07) is 15.9. The molecule has 132 valence electrons. The lowest BCUT2D eigenvalue weighted by Crippen LogP contribution is -2.28. The van der Waals surface area contributed by atoms with Crippen LogP contribution in [0.3, 0.4) is 0 Å². The molecule has 0 saturated carbocycles. The maximum Gasteiger partial charge on any atom is 0.251 e. The first-order chi connectivity index (χ1) is 12.3. The maximum atomic E-state index is 12.3. The molecular weight excluding hydrogens is 312 g/mol. The fraction of sp³-hybridized carbons (Fsp3) is 0.381. The van der Waals surface area contributed by atoms with Gasteiger partial charge in [0, 0.05) is 18.7 Å². The van der Waals surface area contributed by atoms with Gasteiger partial charge in [0.2, 0.25) is 0 Å². The number of ether oxygens (including phenoxy) is 1. The molecule has 1 aliphatic rings. The van der Waals surface area contributed by atoms with Gasteiger partial charge in [0.1, 0.15) is 5.75 Å². The third kappa shape index (κ3) is 4.60. The maximum absolute atomic E-state index is 12.3. The van der Waals surface area contributed by atoms with Gasteiger partial charge in [-0.1, -0.05) is 30.3 Å². The van der Waals surface area contributed by atoms with Crippen molar-refractivity contribution in [2.45, 2.75) is 25.2 Å². The predicted molar refractivity (Wildman–Crippen MR) is 100 cm³/mol. The molecule has 0 spiro atoms. The normalized spacial score (nSPS) is 17.1. The lowest BCUT2D eigenvalue weighted by atomic mass is 9.91. The van der Waals surface area contributed by atoms with E-state index in [1.807, 2.05) is 36.4 Å². The van der Waals surface area contributed by atoms with Crippen LogP contribution in [-0.2, 0) is 6.42 Å². The molecule has 4 heteroatoms. The molecule has 2 aromatic carbocycles. The highest BCUT2D eigenvalue weighted by Gasteiger charge is 2.15. The van der Waals surface area contributed by atoms with Gasteiger partial charge in [-0.15, -0.1) is 0 Å². The summed E-state index contributed by atoms with van der Waals surface area (Å²) in [6.45, 7) is 2.74. The zero-order valence-electron chi connectivity index (χ0n) is 14.8. The number of para-hydroxylation sites is 1. The van der Waals surface area contributed by atoms with Gasteiger partial charge < -0.3 is 15.4 Å². The van der Waals surface area contributed by atoms with Crippen LogP contribution in [0, 0.1) is 0 Å². The Balaban J connectivity index is 1.52. The van der Waals surface area contributed by atoms with Gasteiger partial charge in [-0.25, -0.2) is 0 Å². The average Bonchev–Trinajstić information content (AvgIpc) is 2.69. The molecule has 0 aromatic heterocycles. The molecule has 2 aromatic rings. The summed E-state index contributed by atoms with van der Waals surface area (Å²) in [4.78, 5) is 12.3. The highest BCUT2D eigenvalue weighted by molar-refractivity contribution is 5.94. The highest BCUT2D eigenvalue weighted by atomic mass is 16.5. The third-order valence-corrected chi connectivity index (χ3v) is 4.81. The smallest absolute Gasteiger partial charge is 0.251 e. The van der Waals surface area contributed by atoms with E-state index < -0.39 is 0 Å². The van der Waals surface area contributed by atoms with E-state index in [4.69, 9.17) is 4.74 Å². The first-order valence-corrected chi connectivity index (χ1v) is 8.98. The lowest BCUT2D eigenvalue weighted by molar-refractivity contribution is 0.0954. The molecule has 1 aliphatic heterocycles. The Morgan fingerprint density at radius 1 is 1.20 bits per heavy atom. The van der Waals surface area contributed by atoms with E-state index in [0.29, 0.717) is 18.0 Å². The first kappa shape index (κ1) is 17.5. The van der Waals surface area contributed by atoms with Gasteiger partial charge in [0.25, 0.3) is 5.91 Å². The van der Waals surface area contributed by atoms with E-state index in [9.17, 15) is 4.79 Å². The minimum atomic E-state index is -0.0248. The molecule has 1 heterocycles. The Kier molecular flexibility index (Phi) is 6.07. The molecule has 25 heavy (non-hydrogen) atoms. The molecule has 1 atom stereocenters. The molecular formula is C21H26N2O2. The molecule has 3 rings (SSSR count). The van der Waals surface area contributed by atoms with E-state index in [2.05, 4.69) is 22.8 Å². The number of carbonyl (C=O) groups is 1. The van der Waals surface area contributed by atoms with Gasteiger partial charge >= 0.3 is 0 Å². The molecule has 1 saturated heterocycles. The van der Waals surface area contributed by atoms with Crippen molar-refractivity contribution in [3.05, 3.63) is 65.2 Å². The van der Waals surface area contributed by atoms with Crippen LogP contribution in [0.15, 0.2) is 48.5 Å². The fourth-order valence-corrected chi connectivity index (χ4v) is 3.37. The summed E-state index contributed by atoms with van der Waals surface area (Å²) >= 11 is 0. The molecule has 0 radical (unpaired) electrons. The number of hydrogen-bond donors (Lipinski definition) is 2. The quantitative estimate of drug-likeness (QED) is 0.851. The van der Waals surface area contributed by atoms with E-state index >= 15 is 0 Å². The van der Waals surface area contributed by atoms with Gasteiger partial charge in [0.05, 0.1) is 7.11 Å². The van der Waals surface area contributed by atoms with Crippen molar-refractivity contribution in [1.29, 1.82) is 0 Å². The summed E-state index contributed by atoms with van der Waals surface area (Å²) in [5.74, 6) is 1.40. The minimum absolute atomic E-state index is 0.0248. The zero-order chi connectivity index (χ0) is 17.5. The van der Waals surface area contributed by atoms with Crippen LogP contribution in [0.1, 0.15) is 40.2 Å². The molecule has 0 unspecified atom stereocenters. The molecule has 4 nitrogen and oxygen atoms in total. The van der Waals surface area contributed by atoms with Crippen molar-refractivity contribution in [2.24, 2.45) is 0 Å². The average molecular weight is 338 g/mol. The summed E-state index contributed by atoms with van der Waals surface area (Å²) in [7, 11) is 1.67. The molecule has 0 aliphatic carbocycles. The van der Waals surface area contributed by atoms with E-state index in [1.165, 1.54) is 18.4 Å². The number of nitrogens with one attached hydrogen (secondary N) is 2. The van der Waals surface area contributed by atoms with Gasteiger partial charge in [0.15, 0.2) is 0 Å². The minimum Gasteiger partial charge on any atom is -0.496 e. The summed E-state index contributed by atoms with van der Waals surface area (Å²) in [6.07, 6.45) is 3.19. The van der Waals surface area contributed by atoms with Crippen molar-refractivity contribution in [3.8, 4) is 5.75 Å². The van der Waals surface area contributed by atoms with Crippen LogP contribution in [0.2, 0.25) is 0 Å². The number of methoxy groups -OCH3 is 1. The zero-order valence-corrected chi connectivity index (χ0v) is 14.8. The van der Waals surface area contributed by atoms with E-state index in [0.717, 1.165) is 30.8 Å². The first-order valence-electron chi connectivity index (χ1n) is 8.98. The van der Waals surface area contributed by atoms with Crippen molar-refractivity contribution < 1.29 is 9.53 Å². The molecule has 0 bridgehead atoms. The molecule has 1 fully saturated rings. The number of rotatable bonds is 6. The molecule has 1 amide bonds. The fourth-order valence-electron chi connectivity index (χ4n) is 3.37. The van der Waals surface area contributed by atoms with Crippen molar-refractivity contribution >= 4 is 5.91 Å². The lowest BCUT2D eigenvalue weighted by Gasteiger charge is -2.23. The Morgan fingerprint density at radius 2 is 2.00 bits per heavy atom. The largest absolute Gasteiger partial charge is 0.496 e. The predicted octanol–water partition coefficient (Wildman–Crippen LogP) is 3.13. The van der Waals surface area contributed by atoms with Crippen LogP contribution >= 0.6 is 0 Å². The Bertz CT molecular complexity index is 691. The van der Waals surface area contributed by atoms with Gasteiger partial charge in [-0.05, 0) is 61.1 Å². The van der Waals surface area contributed by atoms with Crippen molar-refractivity contribution in [3.63, 3.8) is 0 Å². The van der Waals surface area contributed by atoms with E-state index in [1.54, 1.807) is 7.11 Å². The number of benzene rings is 2. The SMILES string of the molecule is COc1ccccc1CCNC(=O)c1ccc([C@@H]2CCCNC2)cc1. The number of hydrogen-bond acceptors (Lipinski definition) is 3. The molecule has 2 N–H and O–H groups in total. The number of piperidine rings is 1. The van der Waals surface area contributed by atoms with Crippen molar-refractivity contribution in [2.75, 3.05) is 26.7 Å². The summed E-state index contributed by atoms with van der Waals surface area (Å²) in [5.41, 5.74) is 3.13. The second-order valence-electron chi connectivity index (χ2n) is 6.48. The van der Waals surface area contributed by atoms with Crippen LogP contribution in [0.5, 0.6) is 5.75 Å². The van der Waals surface area contributed by atoms with Crippen LogP contribution in [0.25, 0.3) is 0 Å². The van der Waals surface area contributed by atoms with Crippen LogP contribution in [-0.4, -0.2) is 32.7 Å².